The molecule has 0 saturated carbocycles. The Morgan fingerprint density at radius 1 is 1.10 bits per heavy atom. The average Bonchev–Trinajstić information content (AvgIpc) is 1.35. The number of nitrogens with two attached hydrogens (primary N) is 1. The van der Waals surface area contributed by atoms with Crippen LogP contribution in [0.15, 0.2) is 0 Å². The van der Waals surface area contributed by atoms with Crippen molar-refractivity contribution in [3.05, 3.63) is 0 Å². The van der Waals surface area contributed by atoms with E-state index in [2.05, 4.69) is 6.92 Å². The Bertz CT molecular complexity index is 46.6. The van der Waals surface area contributed by atoms with Crippen molar-refractivity contribution >= 4 is 0 Å². The normalized spacial score (nSPS) is 7.20. The summed E-state index contributed by atoms with van der Waals surface area (Å²) in [5, 5.41) is 0. The quantitative estimate of drug-likeness (QED) is 0.476. The second kappa shape index (κ2) is 13.2. The summed E-state index contributed by atoms with van der Waals surface area (Å²) in [6, 6.07) is 0. The van der Waals surface area contributed by atoms with Crippen molar-refractivity contribution in [3.8, 4) is 0 Å². The van der Waals surface area contributed by atoms with Crippen LogP contribution in [0.3, 0.4) is 0 Å². The zero-order valence-corrected chi connectivity index (χ0v) is 10.8. The Hall–Kier alpha value is 1.57. The topological polar surface area (TPSA) is 26.0 Å². The molecule has 0 spiro atoms. The number of rotatable bonds is 1. The molecule has 2 N–H and O–H groups in total. The summed E-state index contributed by atoms with van der Waals surface area (Å²) < 4.78 is 0. The Morgan fingerprint density at radius 3 is 1.20 bits per heavy atom. The molecule has 0 atom stereocenters. The minimum atomic E-state index is 0. The van der Waals surface area contributed by atoms with E-state index in [0.717, 1.165) is 6.42 Å². The van der Waals surface area contributed by atoms with Crippen molar-refractivity contribution in [2.45, 2.75) is 32.7 Å². The van der Waals surface area contributed by atoms with E-state index >= 15 is 0 Å². The third-order valence-electron chi connectivity index (χ3n) is 0.911. The molecular weight excluding hydrogens is 273 g/mol. The van der Waals surface area contributed by atoms with E-state index in [1.807, 2.05) is 13.8 Å². The van der Waals surface area contributed by atoms with E-state index in [4.69, 9.17) is 5.73 Å². The largest absolute Gasteiger partial charge is 3.00 e. The summed E-state index contributed by atoms with van der Waals surface area (Å²) in [5.41, 5.74) is 5.58. The van der Waals surface area contributed by atoms with Crippen molar-refractivity contribution in [1.82, 2.24) is 0 Å². The molecule has 0 unspecified atom stereocenters. The maximum atomic E-state index is 5.53. The van der Waals surface area contributed by atoms with Gasteiger partial charge < -0.3 is 43.0 Å². The smallest absolute Gasteiger partial charge is 1.00 e. The van der Waals surface area contributed by atoms with Crippen LogP contribution >= 0.6 is 0 Å². The van der Waals surface area contributed by atoms with E-state index in [1.54, 1.807) is 0 Å². The summed E-state index contributed by atoms with van der Waals surface area (Å²) in [4.78, 5) is 0. The van der Waals surface area contributed by atoms with Crippen molar-refractivity contribution in [1.29, 1.82) is 0 Å². The maximum Gasteiger partial charge on any atom is 3.00 e. The van der Waals surface area contributed by atoms with Crippen LogP contribution in [0.5, 0.6) is 0 Å². The number of hydrogen-bond donors (Lipinski definition) is 1. The van der Waals surface area contributed by atoms with Gasteiger partial charge in [-0.25, -0.2) is 0 Å². The van der Waals surface area contributed by atoms with Gasteiger partial charge in [0.25, 0.3) is 0 Å². The fraction of sp³-hybridized carbons (Fsp3) is 1.00. The van der Waals surface area contributed by atoms with Gasteiger partial charge in [-0.3, -0.25) is 0 Å². The monoisotopic (exact) mass is 285 g/mol. The standard InChI is InChI=1S/C5H13N.3ClH.Nb/c1-4-5(2,3)6;;;;/h4,6H2,1-3H3;3*1H;/q;;;;+3/p-3. The summed E-state index contributed by atoms with van der Waals surface area (Å²) in [6.45, 7) is 6.12. The molecule has 0 aliphatic heterocycles. The molecule has 0 heterocycles. The van der Waals surface area contributed by atoms with Crippen LogP contribution in [-0.2, 0) is 22.4 Å². The first kappa shape index (κ1) is 29.9. The van der Waals surface area contributed by atoms with E-state index in [0.29, 0.717) is 0 Å². The van der Waals surface area contributed by atoms with Gasteiger partial charge in [0.05, 0.1) is 0 Å². The predicted octanol–water partition coefficient (Wildman–Crippen LogP) is -7.86. The molecule has 0 aliphatic carbocycles. The fourth-order valence-corrected chi connectivity index (χ4v) is 0. The molecule has 0 radical (unpaired) electrons. The summed E-state index contributed by atoms with van der Waals surface area (Å²) in [5.74, 6) is 0. The third kappa shape index (κ3) is 33.7. The van der Waals surface area contributed by atoms with Gasteiger partial charge in [-0.2, -0.15) is 0 Å². The molecule has 64 valence electrons. The first-order valence-corrected chi connectivity index (χ1v) is 2.35. The van der Waals surface area contributed by atoms with Crippen LogP contribution < -0.4 is 43.0 Å². The van der Waals surface area contributed by atoms with Crippen LogP contribution in [0.4, 0.5) is 0 Å². The molecule has 0 saturated heterocycles. The van der Waals surface area contributed by atoms with Gasteiger partial charge >= 0.3 is 22.4 Å². The molecule has 0 amide bonds. The average molecular weight is 286 g/mol. The third-order valence-corrected chi connectivity index (χ3v) is 0.911. The van der Waals surface area contributed by atoms with Gasteiger partial charge in [0.15, 0.2) is 0 Å². The van der Waals surface area contributed by atoms with Gasteiger partial charge in [-0.1, -0.05) is 6.92 Å². The number of halogens is 3. The van der Waals surface area contributed by atoms with Crippen molar-refractivity contribution in [2.75, 3.05) is 0 Å². The Labute approximate surface area is 97.6 Å². The van der Waals surface area contributed by atoms with Crippen LogP contribution in [0.2, 0.25) is 0 Å². The molecule has 0 bridgehead atoms. The van der Waals surface area contributed by atoms with Gasteiger partial charge in [-0.15, -0.1) is 0 Å². The molecule has 10 heavy (non-hydrogen) atoms. The summed E-state index contributed by atoms with van der Waals surface area (Å²) in [6.07, 6.45) is 1.05. The second-order valence-electron chi connectivity index (χ2n) is 2.34. The van der Waals surface area contributed by atoms with Gasteiger partial charge in [0.2, 0.25) is 0 Å². The van der Waals surface area contributed by atoms with E-state index in [1.165, 1.54) is 0 Å². The minimum Gasteiger partial charge on any atom is -1.00 e. The number of hydrogen-bond acceptors (Lipinski definition) is 1. The zero-order chi connectivity index (χ0) is 5.21. The predicted molar refractivity (Wildman–Crippen MR) is 28.6 cm³/mol. The summed E-state index contributed by atoms with van der Waals surface area (Å²) in [7, 11) is 0. The van der Waals surface area contributed by atoms with E-state index in [9.17, 15) is 0 Å². The minimum absolute atomic E-state index is 0. The molecular formula is C5H13Cl3NNb. The van der Waals surface area contributed by atoms with Crippen LogP contribution in [0.25, 0.3) is 0 Å². The first-order valence-electron chi connectivity index (χ1n) is 2.35. The molecule has 0 fully saturated rings. The SMILES string of the molecule is CCC(C)(C)N.[Cl-].[Cl-].[Cl-].[Nb+3]. The molecule has 1 nitrogen and oxygen atoms in total. The van der Waals surface area contributed by atoms with Gasteiger partial charge in [-0.05, 0) is 20.3 Å². The molecule has 0 rings (SSSR count). The van der Waals surface area contributed by atoms with Gasteiger partial charge in [0.1, 0.15) is 0 Å². The molecule has 0 aromatic rings. The Kier molecular flexibility index (Phi) is 39.5. The molecule has 5 heteroatoms. The molecule has 0 aromatic heterocycles. The Balaban J connectivity index is -0.0000000208. The van der Waals surface area contributed by atoms with Crippen molar-refractivity contribution in [3.63, 3.8) is 0 Å². The van der Waals surface area contributed by atoms with Crippen molar-refractivity contribution in [2.24, 2.45) is 5.73 Å². The first-order chi connectivity index (χ1) is 2.56. The second-order valence-corrected chi connectivity index (χ2v) is 2.34. The molecule has 0 aliphatic rings. The molecule has 0 aromatic carbocycles. The van der Waals surface area contributed by atoms with Crippen molar-refractivity contribution < 1.29 is 59.6 Å². The zero-order valence-electron chi connectivity index (χ0n) is 6.37. The summed E-state index contributed by atoms with van der Waals surface area (Å²) >= 11 is 0. The van der Waals surface area contributed by atoms with Crippen LogP contribution in [0.1, 0.15) is 27.2 Å². The maximum absolute atomic E-state index is 5.53. The van der Waals surface area contributed by atoms with E-state index < -0.39 is 0 Å². The fourth-order valence-electron chi connectivity index (χ4n) is 0. The Morgan fingerprint density at radius 2 is 1.20 bits per heavy atom. The van der Waals surface area contributed by atoms with E-state index in [-0.39, 0.29) is 65.1 Å². The van der Waals surface area contributed by atoms with Gasteiger partial charge in [0, 0.05) is 5.54 Å². The van der Waals surface area contributed by atoms with Crippen LogP contribution in [-0.4, -0.2) is 5.54 Å². The van der Waals surface area contributed by atoms with Crippen LogP contribution in [0, 0.1) is 0 Å².